The molecule has 1 aromatic rings. The fourth-order valence-corrected chi connectivity index (χ4v) is 3.54. The molecule has 0 atom stereocenters. The van der Waals surface area contributed by atoms with Gasteiger partial charge >= 0.3 is 0 Å². The highest BCUT2D eigenvalue weighted by Crippen LogP contribution is 2.15. The van der Waals surface area contributed by atoms with Gasteiger partial charge in [0, 0.05) is 38.9 Å². The number of nitrogens with one attached hydrogen (secondary N) is 2. The van der Waals surface area contributed by atoms with E-state index in [0.717, 1.165) is 6.26 Å². The number of hydrogen-bond acceptors (Lipinski definition) is 4. The number of aliphatic imine (C=N–C) groups is 1. The van der Waals surface area contributed by atoms with E-state index in [-0.39, 0.29) is 42.2 Å². The van der Waals surface area contributed by atoms with Crippen LogP contribution in [0.2, 0.25) is 0 Å². The van der Waals surface area contributed by atoms with Gasteiger partial charge in [0.15, 0.2) is 15.8 Å². The molecule has 0 spiro atoms. The smallest absolute Gasteiger partial charge is 0.224 e. The molecule has 0 aliphatic carbocycles. The Morgan fingerprint density at radius 3 is 2.34 bits per heavy atom. The van der Waals surface area contributed by atoms with Gasteiger partial charge in [0.2, 0.25) is 5.91 Å². The van der Waals surface area contributed by atoms with E-state index in [1.54, 1.807) is 4.90 Å². The number of sulfone groups is 1. The van der Waals surface area contributed by atoms with Crippen LogP contribution in [0.1, 0.15) is 38.3 Å². The number of guanidine groups is 1. The molecule has 0 saturated heterocycles. The number of nitrogens with zero attached hydrogens (tertiary/aromatic N) is 2. The summed E-state index contributed by atoms with van der Waals surface area (Å²) in [5, 5.41) is 6.15. The van der Waals surface area contributed by atoms with Gasteiger partial charge in [0.25, 0.3) is 0 Å². The lowest BCUT2D eigenvalue weighted by Gasteiger charge is -2.19. The summed E-state index contributed by atoms with van der Waals surface area (Å²) in [6, 6.07) is 4.03. The molecule has 0 aliphatic rings. The Morgan fingerprint density at radius 1 is 1.14 bits per heavy atom. The lowest BCUT2D eigenvalue weighted by Crippen LogP contribution is -2.40. The van der Waals surface area contributed by atoms with Crippen LogP contribution in [0.3, 0.4) is 0 Å². The molecule has 0 fully saturated rings. The molecule has 0 radical (unpaired) electrons. The van der Waals surface area contributed by atoms with Gasteiger partial charge in [-0.25, -0.2) is 17.8 Å². The van der Waals surface area contributed by atoms with Crippen molar-refractivity contribution in [3.8, 4) is 0 Å². The van der Waals surface area contributed by atoms with E-state index < -0.39 is 15.7 Å². The average molecular weight is 542 g/mol. The van der Waals surface area contributed by atoms with Gasteiger partial charge in [-0.2, -0.15) is 0 Å². The SMILES string of the molecule is CCNC(=NCc1cc(F)ccc1CS(C)(=O)=O)NCCC(=O)N(CC)CC.I. The van der Waals surface area contributed by atoms with E-state index in [4.69, 9.17) is 0 Å². The summed E-state index contributed by atoms with van der Waals surface area (Å²) in [4.78, 5) is 18.2. The maximum absolute atomic E-state index is 13.6. The molecule has 0 heterocycles. The second-order valence-electron chi connectivity index (χ2n) is 6.42. The quantitative estimate of drug-likeness (QED) is 0.269. The largest absolute Gasteiger partial charge is 0.357 e. The number of carbonyl (C=O) groups excluding carboxylic acids is 1. The van der Waals surface area contributed by atoms with Gasteiger partial charge in [-0.05, 0) is 44.0 Å². The van der Waals surface area contributed by atoms with Crippen molar-refractivity contribution in [2.75, 3.05) is 32.4 Å². The van der Waals surface area contributed by atoms with Crippen molar-refractivity contribution >= 4 is 45.7 Å². The Balaban J connectivity index is 0.00000784. The van der Waals surface area contributed by atoms with Gasteiger partial charge < -0.3 is 15.5 Å². The van der Waals surface area contributed by atoms with Gasteiger partial charge in [-0.3, -0.25) is 4.79 Å². The van der Waals surface area contributed by atoms with Crippen LogP contribution in [0.4, 0.5) is 4.39 Å². The van der Waals surface area contributed by atoms with E-state index in [1.807, 2.05) is 20.8 Å². The molecule has 2 N–H and O–H groups in total. The van der Waals surface area contributed by atoms with Crippen LogP contribution >= 0.6 is 24.0 Å². The molecule has 1 amide bonds. The number of hydrogen-bond donors (Lipinski definition) is 2. The predicted octanol–water partition coefficient (Wildman–Crippen LogP) is 2.30. The van der Waals surface area contributed by atoms with Crippen molar-refractivity contribution in [2.24, 2.45) is 4.99 Å². The number of amides is 1. The van der Waals surface area contributed by atoms with Crippen molar-refractivity contribution in [2.45, 2.75) is 39.5 Å². The van der Waals surface area contributed by atoms with E-state index in [0.29, 0.717) is 49.7 Å². The van der Waals surface area contributed by atoms with E-state index in [2.05, 4.69) is 15.6 Å². The van der Waals surface area contributed by atoms with E-state index in [1.165, 1.54) is 18.2 Å². The fraction of sp³-hybridized carbons (Fsp3) is 0.579. The van der Waals surface area contributed by atoms with E-state index >= 15 is 0 Å². The molecular weight excluding hydrogens is 510 g/mol. The molecule has 1 rings (SSSR count). The lowest BCUT2D eigenvalue weighted by molar-refractivity contribution is -0.130. The van der Waals surface area contributed by atoms with Crippen molar-refractivity contribution in [1.82, 2.24) is 15.5 Å². The summed E-state index contributed by atoms with van der Waals surface area (Å²) >= 11 is 0. The first-order chi connectivity index (χ1) is 13.2. The normalized spacial score (nSPS) is 11.6. The number of rotatable bonds is 10. The Labute approximate surface area is 190 Å². The topological polar surface area (TPSA) is 90.9 Å². The minimum Gasteiger partial charge on any atom is -0.357 e. The first-order valence-corrected chi connectivity index (χ1v) is 11.5. The maximum atomic E-state index is 13.6. The van der Waals surface area contributed by atoms with Crippen LogP contribution in [-0.4, -0.2) is 57.6 Å². The molecule has 0 unspecified atom stereocenters. The molecule has 7 nitrogen and oxygen atoms in total. The Bertz CT molecular complexity index is 784. The second kappa shape index (κ2) is 13.7. The Morgan fingerprint density at radius 2 is 1.79 bits per heavy atom. The zero-order valence-corrected chi connectivity index (χ0v) is 20.6. The highest BCUT2D eigenvalue weighted by atomic mass is 127. The summed E-state index contributed by atoms with van der Waals surface area (Å²) in [6.45, 7) is 8.30. The maximum Gasteiger partial charge on any atom is 0.224 e. The molecule has 10 heteroatoms. The monoisotopic (exact) mass is 542 g/mol. The average Bonchev–Trinajstić information content (AvgIpc) is 2.61. The van der Waals surface area contributed by atoms with Crippen LogP contribution < -0.4 is 10.6 Å². The summed E-state index contributed by atoms with van der Waals surface area (Å²) in [5.41, 5.74) is 1.04. The highest BCUT2D eigenvalue weighted by Gasteiger charge is 2.12. The Hall–Kier alpha value is -1.43. The highest BCUT2D eigenvalue weighted by molar-refractivity contribution is 14.0. The number of carbonyl (C=O) groups is 1. The zero-order valence-electron chi connectivity index (χ0n) is 17.5. The van der Waals surface area contributed by atoms with Crippen LogP contribution in [0.5, 0.6) is 0 Å². The van der Waals surface area contributed by atoms with Crippen LogP contribution in [-0.2, 0) is 26.9 Å². The van der Waals surface area contributed by atoms with Gasteiger partial charge in [0.1, 0.15) is 5.82 Å². The summed E-state index contributed by atoms with van der Waals surface area (Å²) in [5.74, 6) is -0.0518. The predicted molar refractivity (Wildman–Crippen MR) is 126 cm³/mol. The standard InChI is InChI=1S/C19H31FN4O3S.HI/c1-5-21-19(22-11-10-18(25)24(6-2)7-3)23-13-16-12-17(20)9-8-15(16)14-28(4,26)27;/h8-9,12H,5-7,10-11,13-14H2,1-4H3,(H2,21,22,23);1H. The minimum absolute atomic E-state index is 0. The van der Waals surface area contributed by atoms with Crippen molar-refractivity contribution in [1.29, 1.82) is 0 Å². The number of halogens is 2. The first-order valence-electron chi connectivity index (χ1n) is 9.45. The molecular formula is C19H32FIN4O3S. The van der Waals surface area contributed by atoms with Crippen molar-refractivity contribution in [3.05, 3.63) is 35.1 Å². The first kappa shape index (κ1) is 27.6. The molecule has 166 valence electrons. The van der Waals surface area contributed by atoms with Crippen LogP contribution in [0, 0.1) is 5.82 Å². The molecule has 0 saturated carbocycles. The third-order valence-corrected chi connectivity index (χ3v) is 4.92. The van der Waals surface area contributed by atoms with Gasteiger partial charge in [-0.1, -0.05) is 6.07 Å². The Kier molecular flexibility index (Phi) is 13.1. The summed E-state index contributed by atoms with van der Waals surface area (Å²) < 4.78 is 36.8. The van der Waals surface area contributed by atoms with Crippen LogP contribution in [0.25, 0.3) is 0 Å². The van der Waals surface area contributed by atoms with Crippen molar-refractivity contribution < 1.29 is 17.6 Å². The van der Waals surface area contributed by atoms with Crippen LogP contribution in [0.15, 0.2) is 23.2 Å². The fourth-order valence-electron chi connectivity index (χ4n) is 2.69. The van der Waals surface area contributed by atoms with Gasteiger partial charge in [0.05, 0.1) is 12.3 Å². The minimum atomic E-state index is -3.24. The summed E-state index contributed by atoms with van der Waals surface area (Å²) in [7, 11) is -3.24. The molecule has 0 aromatic heterocycles. The second-order valence-corrected chi connectivity index (χ2v) is 8.56. The van der Waals surface area contributed by atoms with Gasteiger partial charge in [-0.15, -0.1) is 24.0 Å². The van der Waals surface area contributed by atoms with E-state index in [9.17, 15) is 17.6 Å². The molecule has 0 bridgehead atoms. The molecule has 1 aromatic carbocycles. The lowest BCUT2D eigenvalue weighted by atomic mass is 10.1. The number of benzene rings is 1. The third-order valence-electron chi connectivity index (χ3n) is 4.09. The molecule has 29 heavy (non-hydrogen) atoms. The zero-order chi connectivity index (χ0) is 21.2. The van der Waals surface area contributed by atoms with Crippen molar-refractivity contribution in [3.63, 3.8) is 0 Å². The third kappa shape index (κ3) is 10.8. The molecule has 0 aliphatic heterocycles. The summed E-state index contributed by atoms with van der Waals surface area (Å²) in [6.07, 6.45) is 1.48.